The minimum Gasteiger partial charge on any atom is -0.328 e. The van der Waals surface area contributed by atoms with Crippen molar-refractivity contribution in [3.63, 3.8) is 0 Å². The third kappa shape index (κ3) is 9.85. The quantitative estimate of drug-likeness (QED) is 0.345. The van der Waals surface area contributed by atoms with Crippen LogP contribution in [0.5, 0.6) is 0 Å². The van der Waals surface area contributed by atoms with E-state index in [1.807, 2.05) is 6.92 Å². The summed E-state index contributed by atoms with van der Waals surface area (Å²) in [6.45, 7) is 7.08. The van der Waals surface area contributed by atoms with Gasteiger partial charge in [-0.3, -0.25) is 4.57 Å². The lowest BCUT2D eigenvalue weighted by Gasteiger charge is -2.16. The smallest absolute Gasteiger partial charge is 0.202 e. The number of rotatable bonds is 12. The van der Waals surface area contributed by atoms with Crippen molar-refractivity contribution in [2.24, 2.45) is 0 Å². The van der Waals surface area contributed by atoms with E-state index < -0.39 is 7.37 Å². The molecule has 0 aromatic rings. The number of hydrogen-bond donors (Lipinski definition) is 0. The predicted octanol–water partition coefficient (Wildman–Crippen LogP) is 5.46. The maximum Gasteiger partial charge on any atom is 0.202 e. The second kappa shape index (κ2) is 11.3. The predicted molar refractivity (Wildman–Crippen MR) is 77.3 cm³/mol. The monoisotopic (exact) mass is 262 g/mol. The van der Waals surface area contributed by atoms with Crippen LogP contribution >= 0.6 is 7.37 Å². The van der Waals surface area contributed by atoms with Crippen LogP contribution in [0.4, 0.5) is 0 Å². The normalized spacial score (nSPS) is 14.8. The van der Waals surface area contributed by atoms with Crippen LogP contribution in [0.2, 0.25) is 0 Å². The summed E-state index contributed by atoms with van der Waals surface area (Å²) in [7, 11) is -2.29. The van der Waals surface area contributed by atoms with Crippen molar-refractivity contribution in [1.29, 1.82) is 0 Å². The Balaban J connectivity index is 3.66. The van der Waals surface area contributed by atoms with E-state index in [0.717, 1.165) is 19.0 Å². The largest absolute Gasteiger partial charge is 0.328 e. The maximum absolute atomic E-state index is 12.4. The van der Waals surface area contributed by atoms with Gasteiger partial charge >= 0.3 is 0 Å². The molecule has 0 aliphatic heterocycles. The summed E-state index contributed by atoms with van der Waals surface area (Å²) in [4.78, 5) is 0. The molecule has 0 aliphatic carbocycles. The van der Waals surface area contributed by atoms with Crippen LogP contribution in [0.15, 0.2) is 0 Å². The molecule has 3 heteroatoms. The molecule has 0 aromatic heterocycles. The molecule has 1 atom stereocenters. The highest BCUT2D eigenvalue weighted by atomic mass is 31.2. The van der Waals surface area contributed by atoms with E-state index in [1.54, 1.807) is 0 Å². The molecule has 0 spiro atoms. The van der Waals surface area contributed by atoms with Crippen LogP contribution in [0.25, 0.3) is 0 Å². The Morgan fingerprint density at radius 2 is 1.41 bits per heavy atom. The number of hydrogen-bond acceptors (Lipinski definition) is 2. The molecule has 0 amide bonds. The minimum atomic E-state index is -2.29. The van der Waals surface area contributed by atoms with Gasteiger partial charge < -0.3 is 4.52 Å². The fourth-order valence-electron chi connectivity index (χ4n) is 1.85. The van der Waals surface area contributed by atoms with Crippen LogP contribution in [0.3, 0.4) is 0 Å². The van der Waals surface area contributed by atoms with Gasteiger partial charge in [-0.15, -0.1) is 0 Å². The van der Waals surface area contributed by atoms with E-state index in [9.17, 15) is 4.57 Å². The van der Waals surface area contributed by atoms with Crippen LogP contribution < -0.4 is 0 Å². The minimum absolute atomic E-state index is 0.693. The molecule has 2 nitrogen and oxygen atoms in total. The second-order valence-electron chi connectivity index (χ2n) is 4.81. The van der Waals surface area contributed by atoms with Crippen molar-refractivity contribution in [1.82, 2.24) is 0 Å². The summed E-state index contributed by atoms with van der Waals surface area (Å²) < 4.78 is 18.0. The lowest BCUT2D eigenvalue weighted by Crippen LogP contribution is -2.00. The molecule has 0 aliphatic rings. The molecule has 0 N–H and O–H groups in total. The lowest BCUT2D eigenvalue weighted by molar-refractivity contribution is 0.302. The second-order valence-corrected chi connectivity index (χ2v) is 7.78. The fourth-order valence-corrected chi connectivity index (χ4v) is 3.65. The van der Waals surface area contributed by atoms with Crippen molar-refractivity contribution in [3.8, 4) is 0 Å². The zero-order valence-electron chi connectivity index (χ0n) is 12.0. The molecule has 0 saturated carbocycles. The van der Waals surface area contributed by atoms with E-state index in [2.05, 4.69) is 13.8 Å². The van der Waals surface area contributed by atoms with Gasteiger partial charge in [-0.1, -0.05) is 59.3 Å². The first kappa shape index (κ1) is 17.2. The van der Waals surface area contributed by atoms with Gasteiger partial charge in [0.15, 0.2) is 0 Å². The van der Waals surface area contributed by atoms with Crippen LogP contribution in [0.1, 0.15) is 72.1 Å². The summed E-state index contributed by atoms with van der Waals surface area (Å²) in [5, 5.41) is 0. The summed E-state index contributed by atoms with van der Waals surface area (Å²) in [6.07, 6.45) is 11.0. The van der Waals surface area contributed by atoms with Gasteiger partial charge in [0.2, 0.25) is 7.37 Å². The molecule has 0 aromatic carbocycles. The van der Waals surface area contributed by atoms with Gasteiger partial charge in [0.05, 0.1) is 6.61 Å². The molecule has 0 heterocycles. The Morgan fingerprint density at radius 1 is 0.824 bits per heavy atom. The van der Waals surface area contributed by atoms with Gasteiger partial charge in [0.1, 0.15) is 0 Å². The highest BCUT2D eigenvalue weighted by molar-refractivity contribution is 7.58. The molecular weight excluding hydrogens is 231 g/mol. The topological polar surface area (TPSA) is 26.3 Å². The van der Waals surface area contributed by atoms with E-state index in [1.165, 1.54) is 38.5 Å². The van der Waals surface area contributed by atoms with Gasteiger partial charge in [-0.2, -0.15) is 0 Å². The Bertz CT molecular complexity index is 204. The third-order valence-corrected chi connectivity index (χ3v) is 5.77. The Labute approximate surface area is 108 Å². The van der Waals surface area contributed by atoms with Gasteiger partial charge in [0.25, 0.3) is 0 Å². The number of unbranched alkanes of at least 4 members (excludes halogenated alkanes) is 6. The molecule has 0 radical (unpaired) electrons. The van der Waals surface area contributed by atoms with Crippen LogP contribution in [0, 0.1) is 0 Å². The summed E-state index contributed by atoms with van der Waals surface area (Å²) >= 11 is 0. The molecule has 0 fully saturated rings. The Morgan fingerprint density at radius 3 is 1.94 bits per heavy atom. The average Bonchev–Trinajstić information content (AvgIpc) is 2.34. The van der Waals surface area contributed by atoms with Crippen molar-refractivity contribution in [3.05, 3.63) is 0 Å². The standard InChI is InChI=1S/C14H31O2P/c1-4-7-9-11-13-16-17(15,6-3)14-12-10-8-5-2/h4-14H2,1-3H3. The van der Waals surface area contributed by atoms with Crippen molar-refractivity contribution in [2.75, 3.05) is 18.9 Å². The Kier molecular flexibility index (Phi) is 11.4. The van der Waals surface area contributed by atoms with Gasteiger partial charge in [-0.05, 0) is 12.8 Å². The zero-order valence-corrected chi connectivity index (χ0v) is 12.9. The zero-order chi connectivity index (χ0) is 13.0. The Hall–Kier alpha value is 0.190. The van der Waals surface area contributed by atoms with Crippen LogP contribution in [-0.4, -0.2) is 18.9 Å². The van der Waals surface area contributed by atoms with E-state index in [0.29, 0.717) is 12.8 Å². The average molecular weight is 262 g/mol. The molecule has 0 bridgehead atoms. The lowest BCUT2D eigenvalue weighted by atomic mass is 10.2. The third-order valence-electron chi connectivity index (χ3n) is 3.16. The first-order valence-electron chi connectivity index (χ1n) is 7.41. The molecule has 104 valence electrons. The van der Waals surface area contributed by atoms with Crippen molar-refractivity contribution in [2.45, 2.75) is 72.1 Å². The van der Waals surface area contributed by atoms with Crippen molar-refractivity contribution >= 4 is 7.37 Å². The summed E-state index contributed by atoms with van der Waals surface area (Å²) in [5.41, 5.74) is 0. The molecule has 0 saturated heterocycles. The molecular formula is C14H31O2P. The van der Waals surface area contributed by atoms with Gasteiger partial charge in [-0.25, -0.2) is 0 Å². The van der Waals surface area contributed by atoms with E-state index in [4.69, 9.17) is 4.52 Å². The first-order chi connectivity index (χ1) is 8.18. The van der Waals surface area contributed by atoms with Crippen LogP contribution in [-0.2, 0) is 9.09 Å². The maximum atomic E-state index is 12.4. The fraction of sp³-hybridized carbons (Fsp3) is 1.00. The molecule has 1 unspecified atom stereocenters. The van der Waals surface area contributed by atoms with E-state index >= 15 is 0 Å². The summed E-state index contributed by atoms with van der Waals surface area (Å²) in [5.74, 6) is 0. The summed E-state index contributed by atoms with van der Waals surface area (Å²) in [6, 6.07) is 0. The molecule has 0 rings (SSSR count). The highest BCUT2D eigenvalue weighted by Gasteiger charge is 2.19. The van der Waals surface area contributed by atoms with Crippen molar-refractivity contribution < 1.29 is 9.09 Å². The molecule has 17 heavy (non-hydrogen) atoms. The van der Waals surface area contributed by atoms with E-state index in [-0.39, 0.29) is 0 Å². The first-order valence-corrected chi connectivity index (χ1v) is 9.40. The SMILES string of the molecule is CCCCCCOP(=O)(CC)CCCCCC. The highest BCUT2D eigenvalue weighted by Crippen LogP contribution is 2.47. The van der Waals surface area contributed by atoms with Gasteiger partial charge in [0, 0.05) is 12.3 Å².